The summed E-state index contributed by atoms with van der Waals surface area (Å²) in [6.45, 7) is 0.0286. The number of benzene rings is 2. The van der Waals surface area contributed by atoms with Gasteiger partial charge in [0.1, 0.15) is 6.61 Å². The number of ether oxygens (including phenoxy) is 2. The molecule has 0 aromatic heterocycles. The molecule has 0 aliphatic rings. The van der Waals surface area contributed by atoms with Gasteiger partial charge in [0.05, 0.1) is 13.3 Å². The van der Waals surface area contributed by atoms with E-state index in [0.29, 0.717) is 15.2 Å². The lowest BCUT2D eigenvalue weighted by Crippen LogP contribution is -2.58. The van der Waals surface area contributed by atoms with Crippen LogP contribution in [0.4, 0.5) is 30.7 Å². The van der Waals surface area contributed by atoms with Crippen molar-refractivity contribution in [1.29, 1.82) is 0 Å². The minimum Gasteiger partial charge on any atom is -0.493 e. The molecule has 170 valence electrons. The Morgan fingerprint density at radius 1 is 1.06 bits per heavy atom. The monoisotopic (exact) mass is 628 g/mol. The smallest absolute Gasteiger partial charge is 0.462 e. The van der Waals surface area contributed by atoms with Gasteiger partial charge in [0, 0.05) is 13.6 Å². The van der Waals surface area contributed by atoms with Crippen molar-refractivity contribution in [2.75, 3.05) is 7.11 Å². The maximum atomic E-state index is 13.4. The highest BCUT2D eigenvalue weighted by Gasteiger charge is 2.73. The summed E-state index contributed by atoms with van der Waals surface area (Å²) in [4.78, 5) is 0. The number of hydrogen-bond acceptors (Lipinski definition) is 4. The number of hydrogen-bond donors (Lipinski definition) is 1. The van der Waals surface area contributed by atoms with Crippen molar-refractivity contribution in [3.05, 3.63) is 55.6 Å². The Morgan fingerprint density at radius 3 is 2.23 bits per heavy atom. The highest BCUT2D eigenvalue weighted by molar-refractivity contribution is 14.1. The quantitative estimate of drug-likeness (QED) is 0.122. The van der Waals surface area contributed by atoms with Gasteiger partial charge in [-0.3, -0.25) is 0 Å². The largest absolute Gasteiger partial charge is 0.493 e. The first kappa shape index (κ1) is 25.5. The van der Waals surface area contributed by atoms with Crippen LogP contribution in [0.5, 0.6) is 11.5 Å². The molecule has 1 N–H and O–H groups in total. The second kappa shape index (κ2) is 9.79. The topological polar surface area (TPSA) is 42.8 Å². The van der Waals surface area contributed by atoms with E-state index in [4.69, 9.17) is 9.47 Å². The molecule has 0 unspecified atom stereocenters. The normalized spacial score (nSPS) is 12.8. The van der Waals surface area contributed by atoms with Gasteiger partial charge >= 0.3 is 18.1 Å². The zero-order valence-corrected chi connectivity index (χ0v) is 19.2. The third kappa shape index (κ3) is 6.14. The third-order valence-electron chi connectivity index (χ3n) is 3.72. The van der Waals surface area contributed by atoms with Gasteiger partial charge in [0.2, 0.25) is 0 Å². The summed E-state index contributed by atoms with van der Waals surface area (Å²) < 4.78 is 102. The Bertz CT molecular complexity index is 938. The van der Waals surface area contributed by atoms with E-state index < -0.39 is 18.1 Å². The molecule has 31 heavy (non-hydrogen) atoms. The summed E-state index contributed by atoms with van der Waals surface area (Å²) in [5.74, 6) is -6.12. The number of nitrogens with one attached hydrogen (secondary N) is 1. The first-order chi connectivity index (χ1) is 14.3. The SMILES string of the molecule is COc1cc(I)cc(/C=N\NC(F)(F)C(F)(F)C(F)(F)F)c1OCc1ccc(Br)cc1. The molecule has 0 saturated carbocycles. The third-order valence-corrected chi connectivity index (χ3v) is 4.88. The summed E-state index contributed by atoms with van der Waals surface area (Å²) >= 11 is 5.15. The number of hydrazone groups is 1. The molecule has 0 heterocycles. The molecule has 2 rings (SSSR count). The Kier molecular flexibility index (Phi) is 8.05. The Morgan fingerprint density at radius 2 is 1.68 bits per heavy atom. The fourth-order valence-electron chi connectivity index (χ4n) is 2.16. The number of halogens is 9. The van der Waals surface area contributed by atoms with Crippen molar-refractivity contribution in [3.63, 3.8) is 0 Å². The van der Waals surface area contributed by atoms with Crippen LogP contribution >= 0.6 is 38.5 Å². The predicted octanol–water partition coefficient (Wildman–Crippen LogP) is 6.36. The van der Waals surface area contributed by atoms with Crippen LogP contribution in [0.3, 0.4) is 0 Å². The van der Waals surface area contributed by atoms with Crippen molar-refractivity contribution in [2.24, 2.45) is 5.10 Å². The van der Waals surface area contributed by atoms with Crippen molar-refractivity contribution >= 4 is 44.7 Å². The van der Waals surface area contributed by atoms with Crippen molar-refractivity contribution in [3.8, 4) is 11.5 Å². The molecule has 4 nitrogen and oxygen atoms in total. The maximum Gasteiger partial charge on any atom is 0.462 e. The van der Waals surface area contributed by atoms with Crippen LogP contribution in [0.15, 0.2) is 46.0 Å². The van der Waals surface area contributed by atoms with E-state index in [9.17, 15) is 30.7 Å². The molecule has 2 aromatic carbocycles. The van der Waals surface area contributed by atoms with Crippen LogP contribution in [0, 0.1) is 3.57 Å². The van der Waals surface area contributed by atoms with Crippen LogP contribution in [0.1, 0.15) is 11.1 Å². The fourth-order valence-corrected chi connectivity index (χ4v) is 3.04. The van der Waals surface area contributed by atoms with Crippen LogP contribution in [-0.4, -0.2) is 31.5 Å². The maximum absolute atomic E-state index is 13.4. The minimum atomic E-state index is -6.47. The van der Waals surface area contributed by atoms with Gasteiger partial charge in [-0.25, -0.2) is 5.43 Å². The highest BCUT2D eigenvalue weighted by atomic mass is 127. The minimum absolute atomic E-state index is 0.0134. The van der Waals surface area contributed by atoms with Gasteiger partial charge in [0.25, 0.3) is 0 Å². The molecule has 0 spiro atoms. The molecule has 0 radical (unpaired) electrons. The van der Waals surface area contributed by atoms with Crippen LogP contribution in [-0.2, 0) is 6.61 Å². The van der Waals surface area contributed by atoms with E-state index in [1.807, 2.05) is 22.6 Å². The lowest BCUT2D eigenvalue weighted by atomic mass is 10.2. The molecule has 0 bridgehead atoms. The standard InChI is InChI=1S/C18H13BrF7IN2O2/c1-30-14-7-13(27)6-11(15(14)31-9-10-2-4-12(19)5-3-10)8-28-29-18(25,26)16(20,21)17(22,23)24/h2-8,29H,9H2,1H3/b28-8-. The second-order valence-electron chi connectivity index (χ2n) is 5.96. The average Bonchev–Trinajstić information content (AvgIpc) is 2.66. The Balaban J connectivity index is 2.28. The van der Waals surface area contributed by atoms with E-state index in [2.05, 4.69) is 21.0 Å². The van der Waals surface area contributed by atoms with Crippen molar-refractivity contribution in [1.82, 2.24) is 5.43 Å². The molecule has 0 atom stereocenters. The molecule has 2 aromatic rings. The van der Waals surface area contributed by atoms with Gasteiger partial charge in [0.15, 0.2) is 11.5 Å². The summed E-state index contributed by atoms with van der Waals surface area (Å²) in [6.07, 6.45) is -5.83. The summed E-state index contributed by atoms with van der Waals surface area (Å²) in [6, 6.07) is 4.29. The van der Waals surface area contributed by atoms with Gasteiger partial charge < -0.3 is 9.47 Å². The first-order valence-corrected chi connectivity index (χ1v) is 10.0. The summed E-state index contributed by atoms with van der Waals surface area (Å²) in [5.41, 5.74) is 1.33. The molecule has 0 amide bonds. The van der Waals surface area contributed by atoms with E-state index in [1.54, 1.807) is 30.3 Å². The van der Waals surface area contributed by atoms with Crippen LogP contribution < -0.4 is 14.9 Å². The summed E-state index contributed by atoms with van der Waals surface area (Å²) in [7, 11) is 1.31. The van der Waals surface area contributed by atoms with E-state index in [0.717, 1.165) is 10.0 Å². The van der Waals surface area contributed by atoms with E-state index in [1.165, 1.54) is 13.2 Å². The Hall–Kier alpha value is -1.77. The zero-order valence-electron chi connectivity index (χ0n) is 15.4. The lowest BCUT2D eigenvalue weighted by molar-refractivity contribution is -0.361. The van der Waals surface area contributed by atoms with Gasteiger partial charge in [-0.15, -0.1) is 0 Å². The average molecular weight is 629 g/mol. The first-order valence-electron chi connectivity index (χ1n) is 8.16. The van der Waals surface area contributed by atoms with Gasteiger partial charge in [-0.2, -0.15) is 35.8 Å². The number of alkyl halides is 7. The second-order valence-corrected chi connectivity index (χ2v) is 8.12. The number of methoxy groups -OCH3 is 1. The molecule has 0 aliphatic carbocycles. The predicted molar refractivity (Wildman–Crippen MR) is 111 cm³/mol. The Labute approximate surface area is 194 Å². The van der Waals surface area contributed by atoms with Gasteiger partial charge in [-0.1, -0.05) is 28.1 Å². The molecule has 0 aliphatic heterocycles. The van der Waals surface area contributed by atoms with E-state index >= 15 is 0 Å². The zero-order chi connectivity index (χ0) is 23.4. The molecular weight excluding hydrogens is 616 g/mol. The van der Waals surface area contributed by atoms with Gasteiger partial charge in [-0.05, 0) is 52.4 Å². The molecule has 0 fully saturated rings. The van der Waals surface area contributed by atoms with Crippen LogP contribution in [0.25, 0.3) is 0 Å². The van der Waals surface area contributed by atoms with Crippen LogP contribution in [0.2, 0.25) is 0 Å². The van der Waals surface area contributed by atoms with E-state index in [-0.39, 0.29) is 23.7 Å². The molecule has 13 heteroatoms. The molecule has 0 saturated heterocycles. The fraction of sp³-hybridized carbons (Fsp3) is 0.278. The van der Waals surface area contributed by atoms with Crippen molar-refractivity contribution in [2.45, 2.75) is 24.8 Å². The number of rotatable bonds is 8. The lowest BCUT2D eigenvalue weighted by Gasteiger charge is -2.27. The molecular formula is C18H13BrF7IN2O2. The highest BCUT2D eigenvalue weighted by Crippen LogP contribution is 2.45. The van der Waals surface area contributed by atoms with Crippen molar-refractivity contribution < 1.29 is 40.2 Å². The number of nitrogens with zero attached hydrogens (tertiary/aromatic N) is 1. The summed E-state index contributed by atoms with van der Waals surface area (Å²) in [5, 5.41) is 2.89.